The van der Waals surface area contributed by atoms with Gasteiger partial charge in [0.05, 0.1) is 31.0 Å². The van der Waals surface area contributed by atoms with Crippen LogP contribution in [0.4, 0.5) is 5.69 Å². The third kappa shape index (κ3) is 3.20. The molecule has 6 heteroatoms. The van der Waals surface area contributed by atoms with E-state index >= 15 is 0 Å². The number of rotatable bonds is 3. The molecule has 1 aromatic carbocycles. The van der Waals surface area contributed by atoms with Crippen molar-refractivity contribution in [1.82, 2.24) is 0 Å². The van der Waals surface area contributed by atoms with Gasteiger partial charge in [-0.3, -0.25) is 0 Å². The fraction of sp³-hybridized carbons (Fsp3) is 0.167. The van der Waals surface area contributed by atoms with Crippen LogP contribution in [0.3, 0.4) is 0 Å². The number of allylic oxidation sites excluding steroid dienone is 2. The van der Waals surface area contributed by atoms with E-state index in [1.54, 1.807) is 36.6 Å². The van der Waals surface area contributed by atoms with Gasteiger partial charge in [0.15, 0.2) is 0 Å². The summed E-state index contributed by atoms with van der Waals surface area (Å²) in [6, 6.07) is 7.30. The van der Waals surface area contributed by atoms with Gasteiger partial charge in [-0.15, -0.1) is 0 Å². The Morgan fingerprint density at radius 3 is 2.46 bits per heavy atom. The lowest BCUT2D eigenvalue weighted by molar-refractivity contribution is -0.139. The van der Waals surface area contributed by atoms with Crippen LogP contribution in [-0.2, 0) is 19.1 Å². The molecule has 1 aliphatic heterocycles. The van der Waals surface area contributed by atoms with E-state index in [-0.39, 0.29) is 11.3 Å². The summed E-state index contributed by atoms with van der Waals surface area (Å²) in [5, 5.41) is 9.37. The monoisotopic (exact) mass is 324 g/mol. The Hall–Kier alpha value is -3.33. The Kier molecular flexibility index (Phi) is 5.17. The molecule has 6 nitrogen and oxygen atoms in total. The van der Waals surface area contributed by atoms with Crippen LogP contribution in [0, 0.1) is 18.3 Å². The molecule has 0 aliphatic carbocycles. The van der Waals surface area contributed by atoms with Crippen LogP contribution in [0.5, 0.6) is 0 Å². The van der Waals surface area contributed by atoms with Gasteiger partial charge < -0.3 is 14.4 Å². The van der Waals surface area contributed by atoms with Gasteiger partial charge in [-0.2, -0.15) is 5.26 Å². The molecule has 0 saturated heterocycles. The molecule has 0 spiro atoms. The number of hydrogen-bond donors (Lipinski definition) is 0. The molecule has 0 radical (unpaired) electrons. The summed E-state index contributed by atoms with van der Waals surface area (Å²) in [5.74, 6) is -1.39. The van der Waals surface area contributed by atoms with Crippen LogP contribution in [0.2, 0.25) is 0 Å². The maximum atomic E-state index is 12.3. The first-order chi connectivity index (χ1) is 11.5. The second kappa shape index (κ2) is 7.29. The lowest BCUT2D eigenvalue weighted by Crippen LogP contribution is -2.27. The molecule has 2 rings (SSSR count). The van der Waals surface area contributed by atoms with Gasteiger partial charge in [0.25, 0.3) is 0 Å². The molecule has 1 aromatic rings. The first-order valence-corrected chi connectivity index (χ1v) is 7.09. The minimum Gasteiger partial charge on any atom is -0.465 e. The highest BCUT2D eigenvalue weighted by Gasteiger charge is 2.28. The maximum Gasteiger partial charge on any atom is 0.355 e. The van der Waals surface area contributed by atoms with Crippen molar-refractivity contribution in [2.24, 2.45) is 0 Å². The van der Waals surface area contributed by atoms with Gasteiger partial charge >= 0.3 is 11.9 Å². The number of methoxy groups -OCH3 is 2. The fourth-order valence-electron chi connectivity index (χ4n) is 2.29. The van der Waals surface area contributed by atoms with Crippen molar-refractivity contribution in [3.63, 3.8) is 0 Å². The average Bonchev–Trinajstić information content (AvgIpc) is 2.83. The zero-order valence-corrected chi connectivity index (χ0v) is 13.6. The number of benzene rings is 1. The minimum absolute atomic E-state index is 0.0172. The van der Waals surface area contributed by atoms with E-state index in [0.717, 1.165) is 5.56 Å². The lowest BCUT2D eigenvalue weighted by Gasteiger charge is -2.24. The van der Waals surface area contributed by atoms with Gasteiger partial charge in [-0.25, -0.2) is 9.59 Å². The standard InChI is InChI=1S/C18H16N2O4/c1-12-7-8-13(11-19)15(10-12)20-9-5-4-6-14(17(21)23-2)16(20)18(22)24-3/h4-10H,1-3H3. The summed E-state index contributed by atoms with van der Waals surface area (Å²) in [7, 11) is 2.45. The number of hydrogen-bond acceptors (Lipinski definition) is 6. The van der Waals surface area contributed by atoms with Crippen molar-refractivity contribution in [2.75, 3.05) is 19.1 Å². The highest BCUT2D eigenvalue weighted by molar-refractivity contribution is 6.05. The number of anilines is 1. The third-order valence-electron chi connectivity index (χ3n) is 3.42. The number of nitrogens with zero attached hydrogens (tertiary/aromatic N) is 2. The van der Waals surface area contributed by atoms with E-state index in [4.69, 9.17) is 9.47 Å². The second-order valence-corrected chi connectivity index (χ2v) is 4.95. The van der Waals surface area contributed by atoms with E-state index in [2.05, 4.69) is 6.07 Å². The maximum absolute atomic E-state index is 12.3. The van der Waals surface area contributed by atoms with E-state index in [1.165, 1.54) is 25.2 Å². The Labute approximate surface area is 139 Å². The molecule has 0 aromatic heterocycles. The van der Waals surface area contributed by atoms with Crippen molar-refractivity contribution in [3.05, 3.63) is 65.0 Å². The van der Waals surface area contributed by atoms with Crippen molar-refractivity contribution in [2.45, 2.75) is 6.92 Å². The van der Waals surface area contributed by atoms with Crippen LogP contribution < -0.4 is 4.90 Å². The van der Waals surface area contributed by atoms with Crippen molar-refractivity contribution in [1.29, 1.82) is 5.26 Å². The minimum atomic E-state index is -0.711. The average molecular weight is 324 g/mol. The number of nitriles is 1. The number of ether oxygens (including phenoxy) is 2. The highest BCUT2D eigenvalue weighted by atomic mass is 16.5. The van der Waals surface area contributed by atoms with E-state index in [0.29, 0.717) is 11.3 Å². The van der Waals surface area contributed by atoms with Crippen LogP contribution in [-0.4, -0.2) is 26.2 Å². The largest absolute Gasteiger partial charge is 0.465 e. The zero-order valence-electron chi connectivity index (χ0n) is 13.6. The molecule has 0 atom stereocenters. The zero-order chi connectivity index (χ0) is 17.7. The van der Waals surface area contributed by atoms with Crippen LogP contribution in [0.1, 0.15) is 11.1 Å². The summed E-state index contributed by atoms with van der Waals surface area (Å²) in [6.45, 7) is 1.87. The smallest absolute Gasteiger partial charge is 0.355 e. The topological polar surface area (TPSA) is 79.6 Å². The summed E-state index contributed by atoms with van der Waals surface area (Å²) in [5.41, 5.74) is 1.76. The number of esters is 2. The molecule has 0 unspecified atom stereocenters. The molecule has 24 heavy (non-hydrogen) atoms. The quantitative estimate of drug-likeness (QED) is 0.794. The Morgan fingerprint density at radius 2 is 1.83 bits per heavy atom. The fourth-order valence-corrected chi connectivity index (χ4v) is 2.29. The van der Waals surface area contributed by atoms with Gasteiger partial charge in [-0.1, -0.05) is 12.1 Å². The summed E-state index contributed by atoms with van der Waals surface area (Å²) in [6.07, 6.45) is 6.32. The van der Waals surface area contributed by atoms with E-state index in [1.807, 2.05) is 6.92 Å². The molecule has 0 bridgehead atoms. The molecule has 0 fully saturated rings. The Morgan fingerprint density at radius 1 is 1.12 bits per heavy atom. The van der Waals surface area contributed by atoms with E-state index in [9.17, 15) is 14.9 Å². The van der Waals surface area contributed by atoms with Crippen LogP contribution >= 0.6 is 0 Å². The summed E-state index contributed by atoms with van der Waals surface area (Å²) in [4.78, 5) is 25.9. The number of carbonyl (C=O) groups is 2. The third-order valence-corrected chi connectivity index (χ3v) is 3.42. The molecule has 1 aliphatic rings. The van der Waals surface area contributed by atoms with Crippen LogP contribution in [0.25, 0.3) is 0 Å². The summed E-state index contributed by atoms with van der Waals surface area (Å²) < 4.78 is 9.59. The number of aryl methyl sites for hydroxylation is 1. The molecule has 0 amide bonds. The second-order valence-electron chi connectivity index (χ2n) is 4.95. The molecular formula is C18H16N2O4. The summed E-state index contributed by atoms with van der Waals surface area (Å²) >= 11 is 0. The lowest BCUT2D eigenvalue weighted by atomic mass is 10.1. The molecule has 1 heterocycles. The van der Waals surface area contributed by atoms with Gasteiger partial charge in [0.2, 0.25) is 0 Å². The van der Waals surface area contributed by atoms with Crippen molar-refractivity contribution in [3.8, 4) is 6.07 Å². The first kappa shape index (κ1) is 17.0. The van der Waals surface area contributed by atoms with Crippen molar-refractivity contribution >= 4 is 17.6 Å². The predicted molar refractivity (Wildman–Crippen MR) is 87.7 cm³/mol. The van der Waals surface area contributed by atoms with Gasteiger partial charge in [0, 0.05) is 6.20 Å². The van der Waals surface area contributed by atoms with E-state index < -0.39 is 11.9 Å². The molecule has 122 valence electrons. The Bertz CT molecular complexity index is 813. The number of carbonyl (C=O) groups excluding carboxylic acids is 2. The Balaban J connectivity index is 2.76. The highest BCUT2D eigenvalue weighted by Crippen LogP contribution is 2.29. The SMILES string of the molecule is COC(=O)C1=C(C(=O)OC)N(c2cc(C)ccc2C#N)C=CC=C1. The van der Waals surface area contributed by atoms with Gasteiger partial charge in [0.1, 0.15) is 11.8 Å². The molecule has 0 N–H and O–H groups in total. The predicted octanol–water partition coefficient (Wildman–Crippen LogP) is 2.36. The van der Waals surface area contributed by atoms with Crippen LogP contribution in [0.15, 0.2) is 53.9 Å². The van der Waals surface area contributed by atoms with Crippen molar-refractivity contribution < 1.29 is 19.1 Å². The molecular weight excluding hydrogens is 308 g/mol. The van der Waals surface area contributed by atoms with Gasteiger partial charge in [-0.05, 0) is 36.8 Å². The molecule has 0 saturated carbocycles. The first-order valence-electron chi connectivity index (χ1n) is 7.09. The normalized spacial score (nSPS) is 13.3.